The number of ether oxygens (including phenoxy) is 3. The van der Waals surface area contributed by atoms with E-state index in [2.05, 4.69) is 38.3 Å². The first-order valence-electron chi connectivity index (χ1n) is 43.5. The third-order valence-electron chi connectivity index (χ3n) is 21.3. The minimum atomic E-state index is -1.43. The SMILES string of the molecule is CCCCCCCCC(CCCCCCCCC(=O)NCCNC(=O)CCCCCCCCC(CCCCCCCC)C(CCCCCCCC)CCCCCCCCC(=O)OC(C)C)C(CCCCCCCC)CCCCCCCCC(=O)OCCOc1ccc(C(=O)C(C)(C)O)cc1. The molecular formula is C89H164N2O9. The van der Waals surface area contributed by atoms with Crippen LogP contribution in [0.5, 0.6) is 5.75 Å². The van der Waals surface area contributed by atoms with Crippen LogP contribution in [0.2, 0.25) is 0 Å². The number of benzene rings is 1. The van der Waals surface area contributed by atoms with Crippen molar-refractivity contribution in [2.75, 3.05) is 26.3 Å². The topological polar surface area (TPSA) is 157 Å². The Balaban J connectivity index is 2.46. The summed E-state index contributed by atoms with van der Waals surface area (Å²) in [4.78, 5) is 62.2. The zero-order valence-corrected chi connectivity index (χ0v) is 67.2. The summed E-state index contributed by atoms with van der Waals surface area (Å²) in [6.45, 7) is 17.5. The molecule has 0 aliphatic carbocycles. The third kappa shape index (κ3) is 58.9. The Labute approximate surface area is 618 Å². The molecule has 4 unspecified atom stereocenters. The minimum absolute atomic E-state index is 0.0199. The summed E-state index contributed by atoms with van der Waals surface area (Å²) in [6, 6.07) is 6.66. The molecule has 0 saturated carbocycles. The Bertz CT molecular complexity index is 2020. The zero-order valence-electron chi connectivity index (χ0n) is 67.2. The van der Waals surface area contributed by atoms with E-state index in [-0.39, 0.29) is 48.9 Å². The predicted molar refractivity (Wildman–Crippen MR) is 424 cm³/mol. The van der Waals surface area contributed by atoms with Crippen molar-refractivity contribution in [3.8, 4) is 5.75 Å². The van der Waals surface area contributed by atoms with Gasteiger partial charge < -0.3 is 30.0 Å². The fraction of sp³-hybridized carbons (Fsp3) is 0.876. The molecule has 3 N–H and O–H groups in total. The molecule has 0 heterocycles. The third-order valence-corrected chi connectivity index (χ3v) is 21.3. The summed E-state index contributed by atoms with van der Waals surface area (Å²) >= 11 is 0. The molecular weight excluding hydrogens is 1240 g/mol. The first-order chi connectivity index (χ1) is 48.6. The molecule has 4 atom stereocenters. The van der Waals surface area contributed by atoms with Crippen molar-refractivity contribution in [2.45, 2.75) is 452 Å². The number of rotatable bonds is 76. The second-order valence-electron chi connectivity index (χ2n) is 31.6. The predicted octanol–water partition coefficient (Wildman–Crippen LogP) is 25.7. The van der Waals surface area contributed by atoms with Crippen LogP contribution < -0.4 is 15.4 Å². The van der Waals surface area contributed by atoms with E-state index in [1.807, 2.05) is 13.8 Å². The number of hydrogen-bond acceptors (Lipinski definition) is 9. The van der Waals surface area contributed by atoms with Crippen LogP contribution >= 0.6 is 0 Å². The maximum Gasteiger partial charge on any atom is 0.306 e. The second kappa shape index (κ2) is 68.6. The van der Waals surface area contributed by atoms with Crippen LogP contribution in [0.25, 0.3) is 0 Å². The largest absolute Gasteiger partial charge is 0.490 e. The Morgan fingerprint density at radius 1 is 0.350 bits per heavy atom. The molecule has 1 rings (SSSR count). The lowest BCUT2D eigenvalue weighted by atomic mass is 9.78. The van der Waals surface area contributed by atoms with Crippen molar-refractivity contribution in [2.24, 2.45) is 23.7 Å². The van der Waals surface area contributed by atoms with E-state index in [1.54, 1.807) is 24.3 Å². The summed E-state index contributed by atoms with van der Waals surface area (Å²) < 4.78 is 16.5. The van der Waals surface area contributed by atoms with Crippen LogP contribution in [0, 0.1) is 23.7 Å². The Morgan fingerprint density at radius 3 is 0.890 bits per heavy atom. The number of unbranched alkanes of at least 4 members (excludes halogenated alkanes) is 40. The summed E-state index contributed by atoms with van der Waals surface area (Å²) in [5, 5.41) is 16.1. The average Bonchev–Trinajstić information content (AvgIpc) is 0.857. The van der Waals surface area contributed by atoms with Crippen LogP contribution in [-0.2, 0) is 28.7 Å². The highest BCUT2D eigenvalue weighted by atomic mass is 16.6. The van der Waals surface area contributed by atoms with Crippen LogP contribution in [0.4, 0.5) is 0 Å². The Kier molecular flexibility index (Phi) is 64.9. The fourth-order valence-electron chi connectivity index (χ4n) is 15.1. The van der Waals surface area contributed by atoms with E-state index in [9.17, 15) is 29.1 Å². The molecule has 0 fully saturated rings. The molecule has 0 radical (unpaired) electrons. The molecule has 0 aliphatic heterocycles. The molecule has 584 valence electrons. The summed E-state index contributed by atoms with van der Waals surface area (Å²) in [7, 11) is 0. The van der Waals surface area contributed by atoms with Crippen LogP contribution in [0.1, 0.15) is 451 Å². The highest BCUT2D eigenvalue weighted by Crippen LogP contribution is 2.36. The minimum Gasteiger partial charge on any atom is -0.490 e. The molecule has 2 amide bonds. The standard InChI is InChI=1S/C89H164N2O9/c1-9-13-17-21-33-45-57-78(80(59-47-35-23-19-15-11-3)63-51-39-27-31-43-55-67-86(94)99-76-75-98-83-71-69-82(70-72-83)88(96)89(7,8)97)61-49-37-25-29-41-53-65-84(92)90-73-74-91-85(93)66-54-42-30-26-38-50-62-79(58-46-34-22-18-14-10-2)81(60-48-36-24-20-16-12-4)64-52-40-28-32-44-56-68-87(95)100-77(5)6/h69-72,77-81,97H,9-68,73-76H2,1-8H3,(H,90,92)(H,91,93). The van der Waals surface area contributed by atoms with E-state index in [0.717, 1.165) is 81.5 Å². The van der Waals surface area contributed by atoms with Gasteiger partial charge in [0, 0.05) is 44.3 Å². The van der Waals surface area contributed by atoms with Gasteiger partial charge in [0.15, 0.2) is 5.78 Å². The van der Waals surface area contributed by atoms with Crippen molar-refractivity contribution < 1.29 is 43.3 Å². The van der Waals surface area contributed by atoms with Crippen molar-refractivity contribution in [3.05, 3.63) is 29.8 Å². The van der Waals surface area contributed by atoms with Gasteiger partial charge in [-0.15, -0.1) is 0 Å². The van der Waals surface area contributed by atoms with Crippen molar-refractivity contribution in [1.29, 1.82) is 0 Å². The molecule has 0 aliphatic rings. The van der Waals surface area contributed by atoms with Gasteiger partial charge in [-0.3, -0.25) is 24.0 Å². The lowest BCUT2D eigenvalue weighted by Crippen LogP contribution is -2.34. The van der Waals surface area contributed by atoms with Gasteiger partial charge in [0.25, 0.3) is 0 Å². The van der Waals surface area contributed by atoms with Gasteiger partial charge in [-0.25, -0.2) is 0 Å². The molecule has 0 spiro atoms. The smallest absolute Gasteiger partial charge is 0.306 e. The normalized spacial score (nSPS) is 12.9. The molecule has 0 saturated heterocycles. The first-order valence-corrected chi connectivity index (χ1v) is 43.5. The number of aliphatic hydroxyl groups is 1. The Morgan fingerprint density at radius 2 is 0.610 bits per heavy atom. The number of nitrogens with one attached hydrogen (secondary N) is 2. The van der Waals surface area contributed by atoms with Gasteiger partial charge in [-0.05, 0) is 101 Å². The summed E-state index contributed by atoms with van der Waals surface area (Å²) in [5.41, 5.74) is -1.00. The van der Waals surface area contributed by atoms with Crippen LogP contribution in [0.15, 0.2) is 24.3 Å². The van der Waals surface area contributed by atoms with Crippen LogP contribution in [-0.4, -0.2) is 72.7 Å². The molecule has 11 nitrogen and oxygen atoms in total. The number of amides is 2. The van der Waals surface area contributed by atoms with Crippen molar-refractivity contribution in [3.63, 3.8) is 0 Å². The van der Waals surface area contributed by atoms with Gasteiger partial charge in [-0.1, -0.05) is 362 Å². The van der Waals surface area contributed by atoms with Gasteiger partial charge in [0.05, 0.1) is 6.10 Å². The lowest BCUT2D eigenvalue weighted by molar-refractivity contribution is -0.147. The van der Waals surface area contributed by atoms with Gasteiger partial charge in [0.2, 0.25) is 11.8 Å². The van der Waals surface area contributed by atoms with E-state index in [4.69, 9.17) is 14.2 Å². The summed E-state index contributed by atoms with van der Waals surface area (Å²) in [5.74, 6) is 3.62. The van der Waals surface area contributed by atoms with Gasteiger partial charge in [-0.2, -0.15) is 0 Å². The van der Waals surface area contributed by atoms with Gasteiger partial charge in [0.1, 0.15) is 24.6 Å². The van der Waals surface area contributed by atoms with Crippen molar-refractivity contribution in [1.82, 2.24) is 10.6 Å². The number of esters is 2. The number of Topliss-reactive ketones (excluding diaryl/α,β-unsaturated/α-hetero) is 1. The van der Waals surface area contributed by atoms with Crippen LogP contribution in [0.3, 0.4) is 0 Å². The van der Waals surface area contributed by atoms with E-state index in [0.29, 0.717) is 50.1 Å². The molecule has 100 heavy (non-hydrogen) atoms. The maximum absolute atomic E-state index is 12.8. The number of hydrogen-bond donors (Lipinski definition) is 3. The first kappa shape index (κ1) is 94.5. The zero-order chi connectivity index (χ0) is 73.0. The quantitative estimate of drug-likeness (QED) is 0.0328. The monoisotopic (exact) mass is 1410 g/mol. The summed E-state index contributed by atoms with van der Waals surface area (Å²) in [6.07, 6.45) is 74.5. The van der Waals surface area contributed by atoms with E-state index in [1.165, 1.54) is 316 Å². The number of carbonyl (C=O) groups is 5. The lowest BCUT2D eigenvalue weighted by Gasteiger charge is -2.28. The maximum atomic E-state index is 12.8. The number of carbonyl (C=O) groups excluding carboxylic acids is 5. The molecule has 0 bridgehead atoms. The van der Waals surface area contributed by atoms with Gasteiger partial charge >= 0.3 is 11.9 Å². The molecule has 11 heteroatoms. The highest BCUT2D eigenvalue weighted by molar-refractivity contribution is 6.01. The second-order valence-corrected chi connectivity index (χ2v) is 31.6. The average molecular weight is 1410 g/mol. The molecule has 1 aromatic rings. The molecule has 1 aromatic carbocycles. The highest BCUT2D eigenvalue weighted by Gasteiger charge is 2.26. The Hall–Kier alpha value is -3.47. The van der Waals surface area contributed by atoms with E-state index >= 15 is 0 Å². The van der Waals surface area contributed by atoms with Crippen molar-refractivity contribution >= 4 is 29.5 Å². The molecule has 0 aromatic heterocycles. The number of ketones is 1. The van der Waals surface area contributed by atoms with E-state index < -0.39 is 5.60 Å². The fourth-order valence-corrected chi connectivity index (χ4v) is 15.1.